The van der Waals surface area contributed by atoms with Crippen molar-refractivity contribution in [3.05, 3.63) is 60.2 Å². The zero-order chi connectivity index (χ0) is 21.6. The van der Waals surface area contributed by atoms with E-state index in [1.165, 1.54) is 5.56 Å². The molecule has 164 valence electrons. The summed E-state index contributed by atoms with van der Waals surface area (Å²) in [5, 5.41) is 3.12. The molecule has 2 atom stereocenters. The second-order valence-corrected chi connectivity index (χ2v) is 8.53. The molecular weight excluding hydrogens is 390 g/mol. The van der Waals surface area contributed by atoms with Gasteiger partial charge in [-0.05, 0) is 56.0 Å². The van der Waals surface area contributed by atoms with Gasteiger partial charge in [-0.15, -0.1) is 0 Å². The van der Waals surface area contributed by atoms with Gasteiger partial charge in [-0.25, -0.2) is 0 Å². The van der Waals surface area contributed by atoms with E-state index in [1.54, 1.807) is 4.90 Å². The van der Waals surface area contributed by atoms with Crippen LogP contribution in [0, 0.1) is 0 Å². The molecule has 6 nitrogen and oxygen atoms in total. The fraction of sp³-hybridized carbons (Fsp3) is 0.440. The molecule has 4 rings (SSSR count). The average molecular weight is 422 g/mol. The summed E-state index contributed by atoms with van der Waals surface area (Å²) in [6.07, 6.45) is 3.40. The summed E-state index contributed by atoms with van der Waals surface area (Å²) in [7, 11) is 0. The first kappa shape index (κ1) is 21.4. The van der Waals surface area contributed by atoms with Crippen molar-refractivity contribution in [2.45, 2.75) is 51.2 Å². The fourth-order valence-electron chi connectivity index (χ4n) is 4.47. The van der Waals surface area contributed by atoms with Crippen molar-refractivity contribution in [3.8, 4) is 5.75 Å². The van der Waals surface area contributed by atoms with Crippen LogP contribution < -0.4 is 15.0 Å². The molecule has 0 spiro atoms. The highest BCUT2D eigenvalue weighted by atomic mass is 16.5. The van der Waals surface area contributed by atoms with E-state index in [9.17, 15) is 9.59 Å². The minimum Gasteiger partial charge on any atom is -0.484 e. The Morgan fingerprint density at radius 3 is 2.55 bits per heavy atom. The standard InChI is InChI=1S/C25H31N3O3/c1-19-16-21(13-15-27(19)17-20-6-3-2-4-7-20)26-24(29)18-31-23-11-9-22(10-12-23)28-14-5-8-25(28)30/h2-4,6-7,9-12,19,21H,5,8,13-18H2,1H3,(H,26,29)/t19-,21+/m1/s1. The van der Waals surface area contributed by atoms with Gasteiger partial charge >= 0.3 is 0 Å². The lowest BCUT2D eigenvalue weighted by molar-refractivity contribution is -0.124. The maximum atomic E-state index is 12.4. The molecule has 2 fully saturated rings. The summed E-state index contributed by atoms with van der Waals surface area (Å²) in [5.41, 5.74) is 2.21. The number of carbonyl (C=O) groups excluding carboxylic acids is 2. The van der Waals surface area contributed by atoms with Crippen LogP contribution in [0.2, 0.25) is 0 Å². The molecule has 0 saturated carbocycles. The number of rotatable bonds is 7. The van der Waals surface area contributed by atoms with Gasteiger partial charge in [0.25, 0.3) is 5.91 Å². The smallest absolute Gasteiger partial charge is 0.258 e. The molecular formula is C25H31N3O3. The summed E-state index contributed by atoms with van der Waals surface area (Å²) in [4.78, 5) is 28.5. The van der Waals surface area contributed by atoms with Crippen molar-refractivity contribution >= 4 is 17.5 Å². The molecule has 2 aliphatic rings. The van der Waals surface area contributed by atoms with Crippen LogP contribution in [0.1, 0.15) is 38.2 Å². The molecule has 1 N–H and O–H groups in total. The van der Waals surface area contributed by atoms with Gasteiger partial charge in [-0.2, -0.15) is 0 Å². The van der Waals surface area contributed by atoms with Crippen molar-refractivity contribution < 1.29 is 14.3 Å². The second-order valence-electron chi connectivity index (χ2n) is 8.53. The SMILES string of the molecule is C[C@@H]1C[C@@H](NC(=O)COc2ccc(N3CCCC3=O)cc2)CCN1Cc1ccccc1. The molecule has 0 unspecified atom stereocenters. The lowest BCUT2D eigenvalue weighted by atomic mass is 9.97. The minimum absolute atomic E-state index is 0.000597. The van der Waals surface area contributed by atoms with Gasteiger partial charge in [0.05, 0.1) is 0 Å². The van der Waals surface area contributed by atoms with Crippen molar-refractivity contribution in [3.63, 3.8) is 0 Å². The van der Waals surface area contributed by atoms with E-state index in [2.05, 4.69) is 41.4 Å². The van der Waals surface area contributed by atoms with E-state index in [-0.39, 0.29) is 24.5 Å². The topological polar surface area (TPSA) is 61.9 Å². The van der Waals surface area contributed by atoms with Gasteiger partial charge in [-0.3, -0.25) is 14.5 Å². The summed E-state index contributed by atoms with van der Waals surface area (Å²) in [6, 6.07) is 18.5. The highest BCUT2D eigenvalue weighted by molar-refractivity contribution is 5.95. The van der Waals surface area contributed by atoms with Crippen LogP contribution in [0.4, 0.5) is 5.69 Å². The second kappa shape index (κ2) is 9.96. The molecule has 2 aromatic rings. The van der Waals surface area contributed by atoms with E-state index in [0.717, 1.165) is 44.6 Å². The van der Waals surface area contributed by atoms with Crippen molar-refractivity contribution in [1.82, 2.24) is 10.2 Å². The van der Waals surface area contributed by atoms with Crippen LogP contribution in [0.25, 0.3) is 0 Å². The van der Waals surface area contributed by atoms with E-state index in [0.29, 0.717) is 18.2 Å². The largest absolute Gasteiger partial charge is 0.484 e. The Balaban J connectivity index is 1.20. The maximum Gasteiger partial charge on any atom is 0.258 e. The summed E-state index contributed by atoms with van der Waals surface area (Å²) < 4.78 is 5.65. The number of ether oxygens (including phenoxy) is 1. The Morgan fingerprint density at radius 2 is 1.87 bits per heavy atom. The van der Waals surface area contributed by atoms with Gasteiger partial charge in [0.2, 0.25) is 5.91 Å². The number of nitrogens with one attached hydrogen (secondary N) is 1. The third-order valence-corrected chi connectivity index (χ3v) is 6.20. The Kier molecular flexibility index (Phi) is 6.87. The van der Waals surface area contributed by atoms with Crippen LogP contribution in [-0.4, -0.2) is 48.5 Å². The van der Waals surface area contributed by atoms with Crippen LogP contribution >= 0.6 is 0 Å². The highest BCUT2D eigenvalue weighted by Crippen LogP contribution is 2.24. The van der Waals surface area contributed by atoms with Crippen LogP contribution in [0.3, 0.4) is 0 Å². The number of benzene rings is 2. The van der Waals surface area contributed by atoms with Crippen LogP contribution in [-0.2, 0) is 16.1 Å². The molecule has 0 aromatic heterocycles. The van der Waals surface area contributed by atoms with Gasteiger partial charge in [0, 0.05) is 43.8 Å². The first-order chi connectivity index (χ1) is 15.1. The molecule has 6 heteroatoms. The predicted octanol–water partition coefficient (Wildman–Crippen LogP) is 3.36. The average Bonchev–Trinajstić information content (AvgIpc) is 3.21. The number of anilines is 1. The van der Waals surface area contributed by atoms with Gasteiger partial charge in [-0.1, -0.05) is 30.3 Å². The van der Waals surface area contributed by atoms with E-state index in [4.69, 9.17) is 4.74 Å². The Hall–Kier alpha value is -2.86. The van der Waals surface area contributed by atoms with E-state index < -0.39 is 0 Å². The van der Waals surface area contributed by atoms with Crippen molar-refractivity contribution in [2.24, 2.45) is 0 Å². The van der Waals surface area contributed by atoms with Crippen LogP contribution in [0.5, 0.6) is 5.75 Å². The molecule has 2 saturated heterocycles. The molecule has 0 aliphatic carbocycles. The highest BCUT2D eigenvalue weighted by Gasteiger charge is 2.26. The Bertz CT molecular complexity index is 885. The Labute approximate surface area is 184 Å². The maximum absolute atomic E-state index is 12.4. The van der Waals surface area contributed by atoms with Crippen molar-refractivity contribution in [2.75, 3.05) is 24.6 Å². The monoisotopic (exact) mass is 421 g/mol. The molecule has 2 aliphatic heterocycles. The molecule has 2 aromatic carbocycles. The van der Waals surface area contributed by atoms with Crippen LogP contribution in [0.15, 0.2) is 54.6 Å². The summed E-state index contributed by atoms with van der Waals surface area (Å²) in [6.45, 7) is 4.92. The lowest BCUT2D eigenvalue weighted by Gasteiger charge is -2.38. The quantitative estimate of drug-likeness (QED) is 0.745. The number of piperidine rings is 1. The lowest BCUT2D eigenvalue weighted by Crippen LogP contribution is -2.49. The number of hydrogen-bond acceptors (Lipinski definition) is 4. The zero-order valence-corrected chi connectivity index (χ0v) is 18.1. The third kappa shape index (κ3) is 5.64. The van der Waals surface area contributed by atoms with Crippen molar-refractivity contribution in [1.29, 1.82) is 0 Å². The van der Waals surface area contributed by atoms with Gasteiger partial charge in [0.1, 0.15) is 5.75 Å². The molecule has 31 heavy (non-hydrogen) atoms. The van der Waals surface area contributed by atoms with Gasteiger partial charge in [0.15, 0.2) is 6.61 Å². The first-order valence-electron chi connectivity index (χ1n) is 11.2. The normalized spacial score (nSPS) is 21.8. The minimum atomic E-state index is -0.0903. The van der Waals surface area contributed by atoms with E-state index >= 15 is 0 Å². The molecule has 2 amide bonds. The number of nitrogens with zero attached hydrogens (tertiary/aromatic N) is 2. The first-order valence-corrected chi connectivity index (χ1v) is 11.2. The van der Waals surface area contributed by atoms with E-state index in [1.807, 2.05) is 30.3 Å². The predicted molar refractivity (Wildman–Crippen MR) is 121 cm³/mol. The Morgan fingerprint density at radius 1 is 1.10 bits per heavy atom. The fourth-order valence-corrected chi connectivity index (χ4v) is 4.47. The molecule has 0 radical (unpaired) electrons. The number of hydrogen-bond donors (Lipinski definition) is 1. The molecule has 0 bridgehead atoms. The molecule has 2 heterocycles. The summed E-state index contributed by atoms with van der Waals surface area (Å²) in [5.74, 6) is 0.709. The number of amides is 2. The third-order valence-electron chi connectivity index (χ3n) is 6.20. The number of carbonyl (C=O) groups is 2. The number of likely N-dealkylation sites (tertiary alicyclic amines) is 1. The van der Waals surface area contributed by atoms with Gasteiger partial charge < -0.3 is 15.0 Å². The zero-order valence-electron chi connectivity index (χ0n) is 18.1. The summed E-state index contributed by atoms with van der Waals surface area (Å²) >= 11 is 0.